The maximum absolute atomic E-state index is 12.9. The fourth-order valence-electron chi connectivity index (χ4n) is 10.4. The van der Waals surface area contributed by atoms with Gasteiger partial charge < -0.3 is 28.5 Å². The van der Waals surface area contributed by atoms with Crippen molar-refractivity contribution in [2.45, 2.75) is 367 Å². The standard InChI is InChI=1S/C67H131NO8/c1-6-8-10-12-14-16-18-20-21-22-23-24-25-26-27-28-29-30-31-32-33-34-35-36-37-38-39-40-41-42-43-44-46-48-50-52-54-56-58-65(70)76-63(62-75-67(66(71)72)73-60-59-68(3,4)5)61-74-64(69)57-55-53-51-49-47-45-19-17-15-13-11-9-7-2/h63,67H,6-62H2,1-5H3/p+1. The van der Waals surface area contributed by atoms with Gasteiger partial charge in [-0.3, -0.25) is 9.59 Å². The van der Waals surface area contributed by atoms with E-state index in [1.54, 1.807) is 0 Å². The van der Waals surface area contributed by atoms with Crippen LogP contribution in [0.15, 0.2) is 0 Å². The second-order valence-corrected chi connectivity index (χ2v) is 24.5. The predicted octanol–water partition coefficient (Wildman–Crippen LogP) is 20.3. The summed E-state index contributed by atoms with van der Waals surface area (Å²) >= 11 is 0. The number of unbranched alkanes of at least 4 members (excludes halogenated alkanes) is 49. The Morgan fingerprint density at radius 1 is 0.342 bits per heavy atom. The molecule has 0 aromatic rings. The van der Waals surface area contributed by atoms with Crippen molar-refractivity contribution in [1.82, 2.24) is 0 Å². The molecule has 452 valence electrons. The molecular formula is C67H132NO8+. The molecule has 1 N–H and O–H groups in total. The van der Waals surface area contributed by atoms with E-state index in [0.717, 1.165) is 38.5 Å². The number of carbonyl (C=O) groups excluding carboxylic acids is 2. The third kappa shape index (κ3) is 59.9. The Balaban J connectivity index is 3.88. The van der Waals surface area contributed by atoms with Gasteiger partial charge in [0.15, 0.2) is 6.10 Å². The highest BCUT2D eigenvalue weighted by molar-refractivity contribution is 5.71. The number of hydrogen-bond acceptors (Lipinski definition) is 7. The van der Waals surface area contributed by atoms with Crippen LogP contribution in [-0.2, 0) is 33.3 Å². The van der Waals surface area contributed by atoms with Crippen molar-refractivity contribution in [1.29, 1.82) is 0 Å². The van der Waals surface area contributed by atoms with Crippen LogP contribution in [0, 0.1) is 0 Å². The average Bonchev–Trinajstić information content (AvgIpc) is 3.39. The van der Waals surface area contributed by atoms with Gasteiger partial charge >= 0.3 is 17.9 Å². The minimum absolute atomic E-state index is 0.173. The van der Waals surface area contributed by atoms with Crippen LogP contribution in [0.4, 0.5) is 0 Å². The lowest BCUT2D eigenvalue weighted by Crippen LogP contribution is -2.40. The van der Waals surface area contributed by atoms with Crippen molar-refractivity contribution in [3.05, 3.63) is 0 Å². The van der Waals surface area contributed by atoms with Crippen molar-refractivity contribution in [3.63, 3.8) is 0 Å². The first kappa shape index (κ1) is 74.3. The van der Waals surface area contributed by atoms with Crippen LogP contribution in [0.25, 0.3) is 0 Å². The molecule has 2 atom stereocenters. The summed E-state index contributed by atoms with van der Waals surface area (Å²) in [6, 6.07) is 0. The Bertz CT molecular complexity index is 1210. The molecule has 0 aromatic heterocycles. The van der Waals surface area contributed by atoms with Crippen LogP contribution < -0.4 is 0 Å². The maximum atomic E-state index is 12.9. The van der Waals surface area contributed by atoms with Gasteiger partial charge in [-0.25, -0.2) is 4.79 Å². The largest absolute Gasteiger partial charge is 0.477 e. The average molecular weight is 1080 g/mol. The number of carboxylic acid groups (broad SMARTS) is 1. The predicted molar refractivity (Wildman–Crippen MR) is 323 cm³/mol. The molecule has 0 bridgehead atoms. The van der Waals surface area contributed by atoms with Crippen molar-refractivity contribution in [2.75, 3.05) is 47.5 Å². The highest BCUT2D eigenvalue weighted by atomic mass is 16.7. The minimum Gasteiger partial charge on any atom is -0.477 e. The molecule has 0 radical (unpaired) electrons. The van der Waals surface area contributed by atoms with Gasteiger partial charge in [-0.1, -0.05) is 328 Å². The highest BCUT2D eigenvalue weighted by Gasteiger charge is 2.25. The number of carboxylic acids is 1. The van der Waals surface area contributed by atoms with E-state index < -0.39 is 18.4 Å². The smallest absolute Gasteiger partial charge is 0.361 e. The molecule has 2 unspecified atom stereocenters. The van der Waals surface area contributed by atoms with Crippen molar-refractivity contribution in [2.24, 2.45) is 0 Å². The highest BCUT2D eigenvalue weighted by Crippen LogP contribution is 2.19. The Hall–Kier alpha value is -1.71. The molecule has 0 aromatic carbocycles. The van der Waals surface area contributed by atoms with E-state index in [0.29, 0.717) is 17.4 Å². The van der Waals surface area contributed by atoms with Crippen LogP contribution in [0.3, 0.4) is 0 Å². The third-order valence-corrected chi connectivity index (χ3v) is 15.6. The van der Waals surface area contributed by atoms with Crippen LogP contribution in [0.1, 0.15) is 354 Å². The Kier molecular flexibility index (Phi) is 58.1. The second-order valence-electron chi connectivity index (χ2n) is 24.5. The summed E-state index contributed by atoms with van der Waals surface area (Å²) in [5.41, 5.74) is 0. The van der Waals surface area contributed by atoms with E-state index in [1.165, 1.54) is 289 Å². The van der Waals surface area contributed by atoms with E-state index in [1.807, 2.05) is 21.1 Å². The molecule has 0 rings (SSSR count). The van der Waals surface area contributed by atoms with Gasteiger partial charge in [-0.15, -0.1) is 0 Å². The lowest BCUT2D eigenvalue weighted by molar-refractivity contribution is -0.870. The van der Waals surface area contributed by atoms with Gasteiger partial charge in [0.2, 0.25) is 0 Å². The Labute approximate surface area is 473 Å². The van der Waals surface area contributed by atoms with Crippen molar-refractivity contribution >= 4 is 17.9 Å². The number of nitrogens with zero attached hydrogens (tertiary/aromatic N) is 1. The molecule has 0 saturated heterocycles. The van der Waals surface area contributed by atoms with Crippen LogP contribution in [-0.4, -0.2) is 87.4 Å². The third-order valence-electron chi connectivity index (χ3n) is 15.6. The first-order chi connectivity index (χ1) is 37.1. The summed E-state index contributed by atoms with van der Waals surface area (Å²) < 4.78 is 22.9. The normalized spacial score (nSPS) is 12.6. The van der Waals surface area contributed by atoms with E-state index >= 15 is 0 Å². The summed E-state index contributed by atoms with van der Waals surface area (Å²) in [5, 5.41) is 9.70. The molecule has 0 aliphatic carbocycles. The van der Waals surface area contributed by atoms with Gasteiger partial charge in [0, 0.05) is 12.8 Å². The fourth-order valence-corrected chi connectivity index (χ4v) is 10.4. The number of carbonyl (C=O) groups is 3. The first-order valence-electron chi connectivity index (χ1n) is 33.7. The summed E-state index contributed by atoms with van der Waals surface area (Å²) in [7, 11) is 5.98. The monoisotopic (exact) mass is 1080 g/mol. The zero-order valence-corrected chi connectivity index (χ0v) is 51.7. The zero-order valence-electron chi connectivity index (χ0n) is 51.7. The van der Waals surface area contributed by atoms with Crippen molar-refractivity contribution in [3.8, 4) is 0 Å². The number of esters is 2. The molecule has 0 aliphatic heterocycles. The molecule has 0 fully saturated rings. The SMILES string of the molecule is CCCCCCCCCCCCCCCCCCCCCCCCCCCCCCCCCCCCCCCCC(=O)OC(COC(=O)CCCCCCCCCCCCCCC)COC(OCC[N+](C)(C)C)C(=O)O. The number of aliphatic carboxylic acids is 1. The maximum Gasteiger partial charge on any atom is 0.361 e. The number of ether oxygens (including phenoxy) is 4. The molecule has 9 heteroatoms. The molecule has 0 aliphatic rings. The summed E-state index contributed by atoms with van der Waals surface area (Å²) in [6.07, 6.45) is 66.7. The number of rotatable bonds is 64. The first-order valence-corrected chi connectivity index (χ1v) is 33.7. The van der Waals surface area contributed by atoms with Gasteiger partial charge in [-0.05, 0) is 12.8 Å². The van der Waals surface area contributed by atoms with Gasteiger partial charge in [0.25, 0.3) is 6.29 Å². The van der Waals surface area contributed by atoms with E-state index in [2.05, 4.69) is 13.8 Å². The van der Waals surface area contributed by atoms with Crippen LogP contribution >= 0.6 is 0 Å². The molecule has 76 heavy (non-hydrogen) atoms. The quantitative estimate of drug-likeness (QED) is 0.0278. The van der Waals surface area contributed by atoms with Crippen molar-refractivity contribution < 1.29 is 42.9 Å². The van der Waals surface area contributed by atoms with Gasteiger partial charge in [-0.2, -0.15) is 0 Å². The molecule has 0 saturated carbocycles. The fraction of sp³-hybridized carbons (Fsp3) is 0.955. The minimum atomic E-state index is -1.50. The summed E-state index contributed by atoms with van der Waals surface area (Å²) in [4.78, 5) is 37.4. The summed E-state index contributed by atoms with van der Waals surface area (Å²) in [6.45, 7) is 4.94. The Morgan fingerprint density at radius 2 is 0.592 bits per heavy atom. The van der Waals surface area contributed by atoms with Gasteiger partial charge in [0.05, 0.1) is 34.4 Å². The van der Waals surface area contributed by atoms with Gasteiger partial charge in [0.1, 0.15) is 13.2 Å². The number of likely N-dealkylation sites (N-methyl/N-ethyl adjacent to an activating group) is 1. The summed E-state index contributed by atoms with van der Waals surface area (Å²) in [5.74, 6) is -1.97. The number of quaternary nitrogens is 1. The van der Waals surface area contributed by atoms with Crippen LogP contribution in [0.5, 0.6) is 0 Å². The molecule has 0 spiro atoms. The van der Waals surface area contributed by atoms with E-state index in [4.69, 9.17) is 18.9 Å². The van der Waals surface area contributed by atoms with E-state index in [9.17, 15) is 19.5 Å². The topological polar surface area (TPSA) is 108 Å². The zero-order chi connectivity index (χ0) is 55.5. The van der Waals surface area contributed by atoms with Crippen LogP contribution in [0.2, 0.25) is 0 Å². The molecular weight excluding hydrogens is 947 g/mol. The second kappa shape index (κ2) is 59.4. The molecule has 0 amide bonds. The number of hydrogen-bond donors (Lipinski definition) is 1. The molecule has 0 heterocycles. The molecule has 9 nitrogen and oxygen atoms in total. The lowest BCUT2D eigenvalue weighted by Gasteiger charge is -2.25. The van der Waals surface area contributed by atoms with E-state index in [-0.39, 0.29) is 38.2 Å². The lowest BCUT2D eigenvalue weighted by atomic mass is 10.0. The Morgan fingerprint density at radius 3 is 0.842 bits per heavy atom.